The Kier molecular flexibility index (Phi) is 4.09. The summed E-state index contributed by atoms with van der Waals surface area (Å²) in [6, 6.07) is -13.2. The molecule has 0 aromatic rings. The molecule has 0 aromatic heterocycles. The zero-order valence-electron chi connectivity index (χ0n) is 7.92. The summed E-state index contributed by atoms with van der Waals surface area (Å²) in [5.74, 6) is -6.64. The summed E-state index contributed by atoms with van der Waals surface area (Å²) in [4.78, 5) is 0. The SMILES string of the molecule is Cl.FN1C(F)(F)C(F)(F)OC(F)(C(F)(F)F)C1(F)F. The zero-order chi connectivity index (χ0) is 14.8. The van der Waals surface area contributed by atoms with Crippen molar-refractivity contribution in [2.75, 3.05) is 0 Å². The standard InChI is InChI=1S/C5F11NO.ClH/c6-1(2(7,8)9)3(10,11)17(16)4(12,13)5(14,15)18-1;/h;1H. The van der Waals surface area contributed by atoms with Gasteiger partial charge in [0, 0.05) is 0 Å². The number of nitrogens with zero attached hydrogens (tertiary/aromatic N) is 1. The van der Waals surface area contributed by atoms with Crippen molar-refractivity contribution in [2.24, 2.45) is 0 Å². The Labute approximate surface area is 102 Å². The van der Waals surface area contributed by atoms with Crippen molar-refractivity contribution in [3.63, 3.8) is 0 Å². The molecule has 0 spiro atoms. The van der Waals surface area contributed by atoms with Gasteiger partial charge in [-0.1, -0.05) is 0 Å². The van der Waals surface area contributed by atoms with E-state index in [1.165, 1.54) is 0 Å². The normalized spacial score (nSPS) is 33.6. The maximum Gasteiger partial charge on any atom is 0.456 e. The average Bonchev–Trinajstić information content (AvgIpc) is 2.11. The molecule has 19 heavy (non-hydrogen) atoms. The number of halogens is 12. The van der Waals surface area contributed by atoms with Crippen LogP contribution in [-0.4, -0.2) is 35.4 Å². The fourth-order valence-electron chi connectivity index (χ4n) is 0.945. The van der Waals surface area contributed by atoms with Crippen LogP contribution in [0.3, 0.4) is 0 Å². The maximum atomic E-state index is 12.8. The minimum Gasteiger partial charge on any atom is -0.262 e. The van der Waals surface area contributed by atoms with E-state index in [9.17, 15) is 48.4 Å². The fraction of sp³-hybridized carbons (Fsp3) is 1.00. The van der Waals surface area contributed by atoms with Crippen molar-refractivity contribution in [1.29, 1.82) is 0 Å². The van der Waals surface area contributed by atoms with Gasteiger partial charge in [0.2, 0.25) is 0 Å². The molecule has 116 valence electrons. The highest BCUT2D eigenvalue weighted by Gasteiger charge is 2.89. The van der Waals surface area contributed by atoms with E-state index in [-0.39, 0.29) is 12.4 Å². The second-order valence-corrected chi connectivity index (χ2v) is 3.08. The molecule has 1 unspecified atom stereocenters. The summed E-state index contributed by atoms with van der Waals surface area (Å²) in [7, 11) is 0. The Morgan fingerprint density at radius 2 is 1.16 bits per heavy atom. The summed E-state index contributed by atoms with van der Waals surface area (Å²) in [5, 5.41) is -3.52. The van der Waals surface area contributed by atoms with Crippen molar-refractivity contribution < 1.29 is 53.1 Å². The van der Waals surface area contributed by atoms with Crippen LogP contribution in [-0.2, 0) is 4.74 Å². The topological polar surface area (TPSA) is 12.5 Å². The van der Waals surface area contributed by atoms with Crippen LogP contribution >= 0.6 is 12.4 Å². The van der Waals surface area contributed by atoms with Crippen LogP contribution in [0.1, 0.15) is 0 Å². The molecule has 0 bridgehead atoms. The third kappa shape index (κ3) is 2.11. The van der Waals surface area contributed by atoms with E-state index >= 15 is 0 Å². The largest absolute Gasteiger partial charge is 0.456 e. The van der Waals surface area contributed by atoms with Crippen LogP contribution in [0.25, 0.3) is 0 Å². The molecule has 1 aliphatic heterocycles. The lowest BCUT2D eigenvalue weighted by atomic mass is 10.2. The smallest absolute Gasteiger partial charge is 0.262 e. The van der Waals surface area contributed by atoms with Gasteiger partial charge < -0.3 is 0 Å². The van der Waals surface area contributed by atoms with Gasteiger partial charge in [0.1, 0.15) is 0 Å². The Morgan fingerprint density at radius 1 is 0.789 bits per heavy atom. The van der Waals surface area contributed by atoms with Crippen LogP contribution in [0.15, 0.2) is 0 Å². The van der Waals surface area contributed by atoms with E-state index in [1.807, 2.05) is 4.74 Å². The van der Waals surface area contributed by atoms with E-state index in [2.05, 4.69) is 0 Å². The first-order valence-corrected chi connectivity index (χ1v) is 3.66. The highest BCUT2D eigenvalue weighted by Crippen LogP contribution is 2.59. The van der Waals surface area contributed by atoms with Crippen molar-refractivity contribution in [3.05, 3.63) is 0 Å². The van der Waals surface area contributed by atoms with Gasteiger partial charge in [-0.05, 0) is 5.12 Å². The molecular weight excluding hydrogens is 334 g/mol. The zero-order valence-corrected chi connectivity index (χ0v) is 8.74. The molecule has 1 atom stereocenters. The van der Waals surface area contributed by atoms with Crippen LogP contribution in [0.4, 0.5) is 48.4 Å². The van der Waals surface area contributed by atoms with E-state index in [4.69, 9.17) is 0 Å². The van der Waals surface area contributed by atoms with Gasteiger partial charge in [-0.3, -0.25) is 4.74 Å². The molecule has 1 saturated heterocycles. The van der Waals surface area contributed by atoms with E-state index < -0.39 is 35.4 Å². The molecule has 0 aliphatic carbocycles. The molecule has 0 aromatic carbocycles. The van der Waals surface area contributed by atoms with E-state index in [0.29, 0.717) is 0 Å². The van der Waals surface area contributed by atoms with Crippen LogP contribution in [0.2, 0.25) is 0 Å². The highest BCUT2D eigenvalue weighted by atomic mass is 35.5. The summed E-state index contributed by atoms with van der Waals surface area (Å²) in [6.07, 6.45) is -13.4. The third-order valence-electron chi connectivity index (χ3n) is 1.86. The number of hydrogen-bond acceptors (Lipinski definition) is 2. The average molecular weight is 335 g/mol. The van der Waals surface area contributed by atoms with Gasteiger partial charge in [-0.25, -0.2) is 0 Å². The molecule has 0 amide bonds. The number of hydrogen-bond donors (Lipinski definition) is 0. The van der Waals surface area contributed by atoms with Crippen LogP contribution < -0.4 is 0 Å². The van der Waals surface area contributed by atoms with Gasteiger partial charge in [-0.15, -0.1) is 16.9 Å². The maximum absolute atomic E-state index is 12.8. The van der Waals surface area contributed by atoms with Crippen molar-refractivity contribution in [2.45, 2.75) is 30.2 Å². The molecule has 14 heteroatoms. The van der Waals surface area contributed by atoms with E-state index in [1.54, 1.807) is 0 Å². The summed E-state index contributed by atoms with van der Waals surface area (Å²) in [5.41, 5.74) is 0. The minimum atomic E-state index is -6.89. The van der Waals surface area contributed by atoms with Crippen molar-refractivity contribution in [1.82, 2.24) is 5.12 Å². The Hall–Kier alpha value is -0.560. The fourth-order valence-corrected chi connectivity index (χ4v) is 0.945. The first kappa shape index (κ1) is 18.4. The summed E-state index contributed by atoms with van der Waals surface area (Å²) < 4.78 is 136. The number of ether oxygens (including phenoxy) is 1. The lowest BCUT2D eigenvalue weighted by Gasteiger charge is -2.46. The molecule has 0 saturated carbocycles. The molecule has 2 nitrogen and oxygen atoms in total. The van der Waals surface area contributed by atoms with Crippen molar-refractivity contribution >= 4 is 12.4 Å². The first-order valence-electron chi connectivity index (χ1n) is 3.66. The molecular formula is C5HClF11NO. The highest BCUT2D eigenvalue weighted by molar-refractivity contribution is 5.85. The Balaban J connectivity index is 0.00000324. The summed E-state index contributed by atoms with van der Waals surface area (Å²) in [6.45, 7) is 0. The third-order valence-corrected chi connectivity index (χ3v) is 1.86. The van der Waals surface area contributed by atoms with Gasteiger partial charge in [-0.2, -0.15) is 43.9 Å². The number of alkyl halides is 10. The second-order valence-electron chi connectivity index (χ2n) is 3.08. The van der Waals surface area contributed by atoms with Crippen LogP contribution in [0.5, 0.6) is 0 Å². The summed E-state index contributed by atoms with van der Waals surface area (Å²) >= 11 is 0. The second kappa shape index (κ2) is 4.22. The van der Waals surface area contributed by atoms with Gasteiger partial charge in [0.25, 0.3) is 0 Å². The number of morpholine rings is 1. The molecule has 1 heterocycles. The lowest BCUT2D eigenvalue weighted by Crippen LogP contribution is -2.76. The monoisotopic (exact) mass is 335 g/mol. The Morgan fingerprint density at radius 3 is 1.47 bits per heavy atom. The predicted molar refractivity (Wildman–Crippen MR) is 36.0 cm³/mol. The Bertz CT molecular complexity index is 355. The molecule has 0 radical (unpaired) electrons. The molecule has 1 rings (SSSR count). The molecule has 0 N–H and O–H groups in total. The van der Waals surface area contributed by atoms with Crippen molar-refractivity contribution in [3.8, 4) is 0 Å². The van der Waals surface area contributed by atoms with E-state index in [0.717, 1.165) is 0 Å². The van der Waals surface area contributed by atoms with Crippen LogP contribution in [0, 0.1) is 0 Å². The van der Waals surface area contributed by atoms with Gasteiger partial charge in [0.05, 0.1) is 0 Å². The molecule has 1 aliphatic rings. The first-order chi connectivity index (χ1) is 7.61. The number of rotatable bonds is 0. The molecule has 1 fully saturated rings. The minimum absolute atomic E-state index is 0. The quantitative estimate of drug-likeness (QED) is 0.381. The van der Waals surface area contributed by atoms with Gasteiger partial charge in [0.15, 0.2) is 0 Å². The predicted octanol–water partition coefficient (Wildman–Crippen LogP) is 3.63. The van der Waals surface area contributed by atoms with Gasteiger partial charge >= 0.3 is 30.2 Å². The lowest BCUT2D eigenvalue weighted by molar-refractivity contribution is -0.594.